The molecular weight excluding hydrogens is 311 g/mol. The lowest BCUT2D eigenvalue weighted by atomic mass is 10.1. The number of aromatic carboxylic acids is 1. The molecule has 1 aliphatic heterocycles. The third kappa shape index (κ3) is 3.65. The second-order valence-corrected chi connectivity index (χ2v) is 5.56. The number of halogens is 1. The Hall–Kier alpha value is -2.60. The number of carboxylic acid groups (broad SMARTS) is 1. The molecule has 2 aromatic carbocycles. The van der Waals surface area contributed by atoms with E-state index in [1.807, 2.05) is 4.90 Å². The molecule has 0 unspecified atom stereocenters. The molecule has 1 heterocycles. The minimum atomic E-state index is -1.23. The molecule has 0 saturated carbocycles. The van der Waals surface area contributed by atoms with Gasteiger partial charge in [-0.3, -0.25) is 0 Å². The number of carbonyl (C=O) groups is 1. The maximum Gasteiger partial charge on any atom is 0.128 e. The summed E-state index contributed by atoms with van der Waals surface area (Å²) in [6.07, 6.45) is 0. The van der Waals surface area contributed by atoms with E-state index in [1.165, 1.54) is 12.1 Å². The van der Waals surface area contributed by atoms with E-state index in [0.717, 1.165) is 0 Å². The molecule has 0 spiro atoms. The Morgan fingerprint density at radius 3 is 2.67 bits per heavy atom. The van der Waals surface area contributed by atoms with Crippen LogP contribution in [-0.2, 0) is 11.3 Å². The molecule has 24 heavy (non-hydrogen) atoms. The highest BCUT2D eigenvalue weighted by molar-refractivity contribution is 5.94. The van der Waals surface area contributed by atoms with E-state index in [2.05, 4.69) is 5.32 Å². The van der Waals surface area contributed by atoms with Crippen LogP contribution in [0.15, 0.2) is 42.5 Å². The van der Waals surface area contributed by atoms with Crippen molar-refractivity contribution in [2.75, 3.05) is 36.5 Å². The number of carbonyl (C=O) groups excluding carboxylic acids is 1. The minimum Gasteiger partial charge on any atom is -0.545 e. The van der Waals surface area contributed by atoms with Crippen molar-refractivity contribution in [3.8, 4) is 0 Å². The Kier molecular flexibility index (Phi) is 4.96. The first-order valence-corrected chi connectivity index (χ1v) is 7.80. The van der Waals surface area contributed by atoms with E-state index in [-0.39, 0.29) is 17.9 Å². The number of carboxylic acids is 1. The van der Waals surface area contributed by atoms with Crippen LogP contribution in [0.5, 0.6) is 0 Å². The van der Waals surface area contributed by atoms with Gasteiger partial charge < -0.3 is 24.9 Å². The van der Waals surface area contributed by atoms with Crippen molar-refractivity contribution < 1.29 is 19.0 Å². The van der Waals surface area contributed by atoms with Crippen molar-refractivity contribution in [1.29, 1.82) is 0 Å². The first kappa shape index (κ1) is 16.3. The molecule has 0 aliphatic carbocycles. The Morgan fingerprint density at radius 1 is 1.21 bits per heavy atom. The zero-order valence-corrected chi connectivity index (χ0v) is 13.1. The lowest BCUT2D eigenvalue weighted by Gasteiger charge is -2.31. The SMILES string of the molecule is O=C([O-])c1cc(NCc2ccccc2F)ccc1N1CCOCC1. The van der Waals surface area contributed by atoms with Crippen LogP contribution in [0.25, 0.3) is 0 Å². The quantitative estimate of drug-likeness (QED) is 0.903. The number of morpholine rings is 1. The number of rotatable bonds is 5. The largest absolute Gasteiger partial charge is 0.545 e. The number of hydrogen-bond acceptors (Lipinski definition) is 5. The fraction of sp³-hybridized carbons (Fsp3) is 0.278. The number of hydrogen-bond donors (Lipinski definition) is 1. The number of benzene rings is 2. The molecular formula is C18H18FN2O3-. The summed E-state index contributed by atoms with van der Waals surface area (Å²) in [5.41, 5.74) is 1.87. The maximum atomic E-state index is 13.6. The van der Waals surface area contributed by atoms with Crippen molar-refractivity contribution >= 4 is 17.3 Å². The number of nitrogens with one attached hydrogen (secondary N) is 1. The lowest BCUT2D eigenvalue weighted by Crippen LogP contribution is -2.38. The van der Waals surface area contributed by atoms with Gasteiger partial charge in [-0.1, -0.05) is 18.2 Å². The number of ether oxygens (including phenoxy) is 1. The Bertz CT molecular complexity index is 730. The van der Waals surface area contributed by atoms with E-state index < -0.39 is 5.97 Å². The van der Waals surface area contributed by atoms with Crippen molar-refractivity contribution in [1.82, 2.24) is 0 Å². The molecule has 0 radical (unpaired) electrons. The molecule has 6 heteroatoms. The summed E-state index contributed by atoms with van der Waals surface area (Å²) in [7, 11) is 0. The standard InChI is InChI=1S/C18H19FN2O3/c19-16-4-2-1-3-13(16)12-20-14-5-6-17(15(11-14)18(22)23)21-7-9-24-10-8-21/h1-6,11,20H,7-10,12H2,(H,22,23)/p-1. The molecule has 1 N–H and O–H groups in total. The first-order valence-electron chi connectivity index (χ1n) is 7.80. The van der Waals surface area contributed by atoms with Gasteiger partial charge in [0.05, 0.1) is 19.2 Å². The van der Waals surface area contributed by atoms with Gasteiger partial charge in [-0.2, -0.15) is 0 Å². The molecule has 1 fully saturated rings. The Balaban J connectivity index is 1.78. The zero-order valence-electron chi connectivity index (χ0n) is 13.1. The summed E-state index contributed by atoms with van der Waals surface area (Å²) >= 11 is 0. The monoisotopic (exact) mass is 329 g/mol. The first-order chi connectivity index (χ1) is 11.6. The van der Waals surface area contributed by atoms with Crippen LogP contribution in [0.3, 0.4) is 0 Å². The van der Waals surface area contributed by atoms with Crippen molar-refractivity contribution in [3.05, 3.63) is 59.4 Å². The summed E-state index contributed by atoms with van der Waals surface area (Å²) in [6, 6.07) is 11.5. The van der Waals surface area contributed by atoms with E-state index in [9.17, 15) is 14.3 Å². The van der Waals surface area contributed by atoms with E-state index >= 15 is 0 Å². The Labute approximate surface area is 139 Å². The van der Waals surface area contributed by atoms with Crippen molar-refractivity contribution in [2.24, 2.45) is 0 Å². The number of anilines is 2. The molecule has 0 amide bonds. The van der Waals surface area contributed by atoms with Crippen LogP contribution in [-0.4, -0.2) is 32.3 Å². The highest BCUT2D eigenvalue weighted by Crippen LogP contribution is 2.25. The van der Waals surface area contributed by atoms with Crippen LogP contribution in [0.1, 0.15) is 15.9 Å². The van der Waals surface area contributed by atoms with Gasteiger partial charge in [0, 0.05) is 42.1 Å². The van der Waals surface area contributed by atoms with Gasteiger partial charge in [0.2, 0.25) is 0 Å². The topological polar surface area (TPSA) is 64.6 Å². The zero-order chi connectivity index (χ0) is 16.9. The average Bonchev–Trinajstić information content (AvgIpc) is 2.61. The molecule has 5 nitrogen and oxygen atoms in total. The maximum absolute atomic E-state index is 13.6. The lowest BCUT2D eigenvalue weighted by molar-refractivity contribution is -0.254. The molecule has 1 saturated heterocycles. The van der Waals surface area contributed by atoms with Gasteiger partial charge in [0.25, 0.3) is 0 Å². The molecule has 1 aliphatic rings. The van der Waals surface area contributed by atoms with Crippen LogP contribution in [0.2, 0.25) is 0 Å². The molecule has 0 atom stereocenters. The highest BCUT2D eigenvalue weighted by Gasteiger charge is 2.16. The fourth-order valence-corrected chi connectivity index (χ4v) is 2.73. The average molecular weight is 329 g/mol. The van der Waals surface area contributed by atoms with Crippen molar-refractivity contribution in [2.45, 2.75) is 6.54 Å². The molecule has 0 aromatic heterocycles. The second kappa shape index (κ2) is 7.31. The predicted octanol–water partition coefficient (Wildman–Crippen LogP) is 1.64. The van der Waals surface area contributed by atoms with Gasteiger partial charge in [0.1, 0.15) is 5.82 Å². The summed E-state index contributed by atoms with van der Waals surface area (Å²) in [5.74, 6) is -1.53. The smallest absolute Gasteiger partial charge is 0.128 e. The summed E-state index contributed by atoms with van der Waals surface area (Å²) in [5, 5.41) is 14.5. The normalized spacial score (nSPS) is 14.5. The fourth-order valence-electron chi connectivity index (χ4n) is 2.73. The van der Waals surface area contributed by atoms with Crippen LogP contribution in [0.4, 0.5) is 15.8 Å². The molecule has 0 bridgehead atoms. The summed E-state index contributed by atoms with van der Waals surface area (Å²) in [4.78, 5) is 13.5. The van der Waals surface area contributed by atoms with Gasteiger partial charge in [-0.15, -0.1) is 0 Å². The van der Waals surface area contributed by atoms with Crippen molar-refractivity contribution in [3.63, 3.8) is 0 Å². The van der Waals surface area contributed by atoms with Gasteiger partial charge in [-0.25, -0.2) is 4.39 Å². The van der Waals surface area contributed by atoms with Crippen LogP contribution >= 0.6 is 0 Å². The van der Waals surface area contributed by atoms with E-state index in [0.29, 0.717) is 43.2 Å². The highest BCUT2D eigenvalue weighted by atomic mass is 19.1. The third-order valence-corrected chi connectivity index (χ3v) is 4.01. The second-order valence-electron chi connectivity index (χ2n) is 5.56. The number of nitrogens with zero attached hydrogens (tertiary/aromatic N) is 1. The molecule has 126 valence electrons. The predicted molar refractivity (Wildman–Crippen MR) is 87.5 cm³/mol. The van der Waals surface area contributed by atoms with E-state index in [4.69, 9.17) is 4.74 Å². The Morgan fingerprint density at radius 2 is 1.96 bits per heavy atom. The molecule has 3 rings (SSSR count). The molecule has 2 aromatic rings. The summed E-state index contributed by atoms with van der Waals surface area (Å²) in [6.45, 7) is 2.69. The van der Waals surface area contributed by atoms with Gasteiger partial charge >= 0.3 is 0 Å². The summed E-state index contributed by atoms with van der Waals surface area (Å²) < 4.78 is 18.9. The van der Waals surface area contributed by atoms with Crippen LogP contribution in [0, 0.1) is 5.82 Å². The van der Waals surface area contributed by atoms with Crippen LogP contribution < -0.4 is 15.3 Å². The van der Waals surface area contributed by atoms with Gasteiger partial charge in [0.15, 0.2) is 0 Å². The van der Waals surface area contributed by atoms with E-state index in [1.54, 1.807) is 30.3 Å². The minimum absolute atomic E-state index is 0.121. The third-order valence-electron chi connectivity index (χ3n) is 4.01. The van der Waals surface area contributed by atoms with Gasteiger partial charge in [-0.05, 0) is 24.3 Å².